The molecule has 37 heavy (non-hydrogen) atoms. The minimum Gasteiger partial charge on any atom is -0.413 e. The number of anilines is 1. The molecule has 3 N–H and O–H groups in total. The van der Waals surface area contributed by atoms with Gasteiger partial charge in [0.2, 0.25) is 0 Å². The van der Waals surface area contributed by atoms with E-state index in [1.165, 1.54) is 18.1 Å². The van der Waals surface area contributed by atoms with Crippen LogP contribution in [0.5, 0.6) is 0 Å². The Kier molecular flexibility index (Phi) is 8.31. The van der Waals surface area contributed by atoms with E-state index in [0.29, 0.717) is 50.9 Å². The van der Waals surface area contributed by atoms with E-state index in [1.54, 1.807) is 11.6 Å². The maximum Gasteiger partial charge on any atom is 0.200 e. The van der Waals surface area contributed by atoms with Crippen LogP contribution in [0.3, 0.4) is 0 Å². The predicted octanol–water partition coefficient (Wildman–Crippen LogP) is 4.49. The summed E-state index contributed by atoms with van der Waals surface area (Å²) < 4.78 is 28.0. The maximum absolute atomic E-state index is 9.84. The lowest BCUT2D eigenvalue weighted by molar-refractivity contribution is -0.200. The van der Waals surface area contributed by atoms with Crippen molar-refractivity contribution < 1.29 is 23.7 Å². The molecule has 0 spiro atoms. The smallest absolute Gasteiger partial charge is 0.200 e. The topological polar surface area (TPSA) is 127 Å². The molecular weight excluding hydrogens is 510 g/mol. The average molecular weight is 554 g/mol. The summed E-state index contributed by atoms with van der Waals surface area (Å²) in [6.07, 6.45) is -0.686. The first-order valence-electron chi connectivity index (χ1n) is 13.2. The zero-order valence-corrected chi connectivity index (χ0v) is 25.3. The van der Waals surface area contributed by atoms with E-state index >= 15 is 0 Å². The fraction of sp³-hybridized carbons (Fsp3) is 0.800. The molecule has 12 heteroatoms. The van der Waals surface area contributed by atoms with E-state index in [0.717, 1.165) is 0 Å². The highest BCUT2D eigenvalue weighted by Gasteiger charge is 2.57. The van der Waals surface area contributed by atoms with Crippen LogP contribution in [0.2, 0.25) is 16.6 Å². The van der Waals surface area contributed by atoms with Crippen LogP contribution < -0.4 is 5.73 Å². The van der Waals surface area contributed by atoms with Gasteiger partial charge < -0.3 is 29.5 Å². The van der Waals surface area contributed by atoms with Crippen LogP contribution >= 0.6 is 11.8 Å². The first kappa shape index (κ1) is 28.7. The summed E-state index contributed by atoms with van der Waals surface area (Å²) in [4.78, 5) is 8.67. The monoisotopic (exact) mass is 553 g/mol. The van der Waals surface area contributed by atoms with E-state index in [9.17, 15) is 5.11 Å². The van der Waals surface area contributed by atoms with Gasteiger partial charge in [-0.2, -0.15) is 5.10 Å². The van der Waals surface area contributed by atoms with Crippen LogP contribution in [0.4, 0.5) is 5.82 Å². The van der Waals surface area contributed by atoms with Crippen molar-refractivity contribution in [1.29, 1.82) is 0 Å². The van der Waals surface area contributed by atoms with Crippen molar-refractivity contribution in [3.8, 4) is 0 Å². The molecule has 2 aromatic heterocycles. The molecule has 2 aliphatic rings. The number of nitrogens with two attached hydrogens (primary N) is 1. The molecule has 0 bridgehead atoms. The van der Waals surface area contributed by atoms with Gasteiger partial charge in [-0.25, -0.2) is 14.6 Å². The molecule has 0 amide bonds. The Morgan fingerprint density at radius 3 is 2.30 bits per heavy atom. The predicted molar refractivity (Wildman–Crippen MR) is 147 cm³/mol. The van der Waals surface area contributed by atoms with Gasteiger partial charge in [0.05, 0.1) is 18.1 Å². The molecule has 2 aliphatic heterocycles. The van der Waals surface area contributed by atoms with Gasteiger partial charge in [0, 0.05) is 5.75 Å². The molecule has 4 heterocycles. The van der Waals surface area contributed by atoms with E-state index < -0.39 is 32.5 Å². The lowest BCUT2D eigenvalue weighted by Gasteiger charge is -2.43. The Morgan fingerprint density at radius 2 is 1.70 bits per heavy atom. The van der Waals surface area contributed by atoms with E-state index in [-0.39, 0.29) is 12.2 Å². The Hall–Kier alpha value is -1.28. The molecule has 0 saturated carbocycles. The van der Waals surface area contributed by atoms with Crippen molar-refractivity contribution in [2.45, 2.75) is 120 Å². The van der Waals surface area contributed by atoms with Gasteiger partial charge in [-0.05, 0) is 37.4 Å². The molecule has 2 fully saturated rings. The van der Waals surface area contributed by atoms with Crippen molar-refractivity contribution in [2.75, 3.05) is 18.1 Å². The largest absolute Gasteiger partial charge is 0.413 e. The summed E-state index contributed by atoms with van der Waals surface area (Å²) in [5, 5.41) is 16.0. The van der Waals surface area contributed by atoms with Gasteiger partial charge >= 0.3 is 0 Å². The molecule has 208 valence electrons. The number of rotatable bonds is 10. The quantitative estimate of drug-likeness (QED) is 0.321. The van der Waals surface area contributed by atoms with Gasteiger partial charge in [0.1, 0.15) is 35.5 Å². The van der Waals surface area contributed by atoms with Crippen molar-refractivity contribution in [3.05, 3.63) is 6.33 Å². The van der Waals surface area contributed by atoms with Crippen molar-refractivity contribution in [3.63, 3.8) is 0 Å². The number of thioether (sulfide) groups is 1. The minimum atomic E-state index is -2.11. The number of hydrogen-bond donors (Lipinski definition) is 2. The van der Waals surface area contributed by atoms with Crippen LogP contribution in [0.1, 0.15) is 68.5 Å². The highest BCUT2D eigenvalue weighted by molar-refractivity contribution is 7.99. The first-order valence-corrected chi connectivity index (χ1v) is 16.4. The molecule has 0 unspecified atom stereocenters. The third-order valence-electron chi connectivity index (χ3n) is 7.52. The SMILES string of the molecule is CC(C)[Si](OC[C@H]1O[C@@H](n2nc(SC[C@@H](C)O)c3c(N)ncnc32)[C@@H]2OC(C)(C)O[C@@H]21)(C(C)C)C(C)C. The van der Waals surface area contributed by atoms with E-state index in [1.807, 2.05) is 13.8 Å². The summed E-state index contributed by atoms with van der Waals surface area (Å²) in [6.45, 7) is 19.7. The van der Waals surface area contributed by atoms with E-state index in [2.05, 4.69) is 51.5 Å². The number of aromatic nitrogens is 4. The standard InChI is InChI=1S/C25H43N5O5SSi/c1-13(2)37(14(3)4,15(5)6)32-10-17-19-20(35-25(8,9)34-19)24(33-17)30-22-18(21(26)27-12-28-22)23(29-30)36-11-16(7)31/h12-17,19-20,24,31H,10-11H2,1-9H3,(H2,26,27,28)/t16-,17-,19-,20-,24-/m1/s1. The Labute approximate surface area is 225 Å². The van der Waals surface area contributed by atoms with Gasteiger partial charge in [-0.1, -0.05) is 41.5 Å². The van der Waals surface area contributed by atoms with Crippen molar-refractivity contribution in [1.82, 2.24) is 19.7 Å². The second-order valence-corrected chi connectivity index (χ2v) is 18.1. The molecule has 10 nitrogen and oxygen atoms in total. The van der Waals surface area contributed by atoms with Crippen LogP contribution in [0.15, 0.2) is 11.4 Å². The summed E-state index contributed by atoms with van der Waals surface area (Å²) in [7, 11) is -2.11. The fourth-order valence-corrected chi connectivity index (χ4v) is 12.5. The molecule has 0 aromatic carbocycles. The number of nitrogens with zero attached hydrogens (tertiary/aromatic N) is 4. The molecule has 2 saturated heterocycles. The van der Waals surface area contributed by atoms with Gasteiger partial charge in [0.15, 0.2) is 26.0 Å². The number of aliphatic hydroxyl groups is 1. The molecule has 5 atom stereocenters. The fourth-order valence-electron chi connectivity index (χ4n) is 6.16. The maximum atomic E-state index is 9.84. The summed E-state index contributed by atoms with van der Waals surface area (Å²) >= 11 is 1.41. The summed E-state index contributed by atoms with van der Waals surface area (Å²) in [5.41, 5.74) is 8.18. The third-order valence-corrected chi connectivity index (χ3v) is 14.8. The number of fused-ring (bicyclic) bond motifs is 2. The molecule has 4 rings (SSSR count). The van der Waals surface area contributed by atoms with Crippen LogP contribution in [0, 0.1) is 0 Å². The Morgan fingerprint density at radius 1 is 1.08 bits per heavy atom. The lowest BCUT2D eigenvalue weighted by atomic mass is 10.1. The number of nitrogen functional groups attached to an aromatic ring is 1. The van der Waals surface area contributed by atoms with Crippen LogP contribution in [-0.4, -0.2) is 75.7 Å². The Bertz CT molecular complexity index is 1070. The summed E-state index contributed by atoms with van der Waals surface area (Å²) in [5.74, 6) is 0.0383. The van der Waals surface area contributed by atoms with Crippen molar-refractivity contribution in [2.24, 2.45) is 0 Å². The van der Waals surface area contributed by atoms with Crippen molar-refractivity contribution >= 4 is 36.9 Å². The second kappa shape index (κ2) is 10.7. The van der Waals surface area contributed by atoms with E-state index in [4.69, 9.17) is 29.5 Å². The third kappa shape index (κ3) is 5.30. The molecular formula is C25H43N5O5SSi. The van der Waals surface area contributed by atoms with Gasteiger partial charge in [-0.3, -0.25) is 0 Å². The normalized spacial score (nSPS) is 26.6. The minimum absolute atomic E-state index is 0.315. The molecule has 0 aliphatic carbocycles. The first-order chi connectivity index (χ1) is 17.3. The zero-order chi connectivity index (χ0) is 27.3. The summed E-state index contributed by atoms with van der Waals surface area (Å²) in [6, 6.07) is 0. The number of ether oxygens (including phenoxy) is 3. The van der Waals surface area contributed by atoms with Gasteiger partial charge in [0.25, 0.3) is 0 Å². The number of hydrogen-bond acceptors (Lipinski definition) is 10. The second-order valence-electron chi connectivity index (χ2n) is 11.6. The molecule has 2 aromatic rings. The van der Waals surface area contributed by atoms with Crippen LogP contribution in [0.25, 0.3) is 11.0 Å². The highest BCUT2D eigenvalue weighted by Crippen LogP contribution is 2.47. The van der Waals surface area contributed by atoms with Gasteiger partial charge in [-0.15, -0.1) is 11.8 Å². The average Bonchev–Trinajstić information content (AvgIpc) is 3.41. The lowest BCUT2D eigenvalue weighted by Crippen LogP contribution is -2.50. The zero-order valence-electron chi connectivity index (χ0n) is 23.5. The number of aliphatic hydroxyl groups excluding tert-OH is 1. The Balaban J connectivity index is 1.68. The van der Waals surface area contributed by atoms with Crippen LogP contribution in [-0.2, 0) is 18.6 Å². The highest BCUT2D eigenvalue weighted by atomic mass is 32.2. The molecule has 0 radical (unpaired) electrons.